The third-order valence-electron chi connectivity index (χ3n) is 2.61. The average Bonchev–Trinajstić information content (AvgIpc) is 2.19. The molecule has 3 heteroatoms. The van der Waals surface area contributed by atoms with Gasteiger partial charge in [-0.2, -0.15) is 0 Å². The molecule has 0 spiro atoms. The second-order valence-corrected chi connectivity index (χ2v) is 4.20. The summed E-state index contributed by atoms with van der Waals surface area (Å²) in [5.41, 5.74) is 6.66. The van der Waals surface area contributed by atoms with Crippen molar-refractivity contribution in [3.8, 4) is 0 Å². The Morgan fingerprint density at radius 3 is 2.40 bits per heavy atom. The molecule has 84 valence electrons. The van der Waals surface area contributed by atoms with Gasteiger partial charge in [0.15, 0.2) is 11.6 Å². The van der Waals surface area contributed by atoms with Crippen molar-refractivity contribution in [2.45, 2.75) is 32.7 Å². The zero-order valence-corrected chi connectivity index (χ0v) is 9.13. The van der Waals surface area contributed by atoms with E-state index in [0.717, 1.165) is 18.1 Å². The van der Waals surface area contributed by atoms with Crippen LogP contribution in [0, 0.1) is 17.6 Å². The molecule has 0 heterocycles. The summed E-state index contributed by atoms with van der Waals surface area (Å²) in [4.78, 5) is 0. The van der Waals surface area contributed by atoms with Gasteiger partial charge in [-0.05, 0) is 36.5 Å². The normalized spacial score (nSPS) is 13.2. The van der Waals surface area contributed by atoms with Crippen LogP contribution < -0.4 is 5.73 Å². The van der Waals surface area contributed by atoms with Crippen LogP contribution in [-0.2, 0) is 6.42 Å². The van der Waals surface area contributed by atoms with E-state index in [9.17, 15) is 8.78 Å². The first-order chi connectivity index (χ1) is 7.00. The predicted molar refractivity (Wildman–Crippen MR) is 57.5 cm³/mol. The third kappa shape index (κ3) is 3.59. The molecule has 1 rings (SSSR count). The second-order valence-electron chi connectivity index (χ2n) is 4.20. The fourth-order valence-electron chi connectivity index (χ4n) is 1.36. The smallest absolute Gasteiger partial charge is 0.159 e. The minimum absolute atomic E-state index is 0.109. The van der Waals surface area contributed by atoms with Crippen molar-refractivity contribution in [3.63, 3.8) is 0 Å². The fourth-order valence-corrected chi connectivity index (χ4v) is 1.36. The van der Waals surface area contributed by atoms with E-state index in [4.69, 9.17) is 5.73 Å². The molecule has 0 saturated carbocycles. The zero-order chi connectivity index (χ0) is 11.4. The second kappa shape index (κ2) is 5.21. The van der Waals surface area contributed by atoms with Crippen LogP contribution in [0.4, 0.5) is 8.78 Å². The van der Waals surface area contributed by atoms with Gasteiger partial charge in [-0.3, -0.25) is 0 Å². The number of hydrogen-bond acceptors (Lipinski definition) is 1. The van der Waals surface area contributed by atoms with E-state index in [1.165, 1.54) is 6.07 Å². The third-order valence-corrected chi connectivity index (χ3v) is 2.61. The summed E-state index contributed by atoms with van der Waals surface area (Å²) in [5, 5.41) is 0. The minimum Gasteiger partial charge on any atom is -0.327 e. The summed E-state index contributed by atoms with van der Waals surface area (Å²) in [6, 6.07) is 4.11. The van der Waals surface area contributed by atoms with Gasteiger partial charge in [0.2, 0.25) is 0 Å². The summed E-state index contributed by atoms with van der Waals surface area (Å²) in [5.74, 6) is -1.17. The Morgan fingerprint density at radius 2 is 1.87 bits per heavy atom. The van der Waals surface area contributed by atoms with Crippen LogP contribution in [0.5, 0.6) is 0 Å². The van der Waals surface area contributed by atoms with Gasteiger partial charge < -0.3 is 5.73 Å². The maximum absolute atomic E-state index is 12.9. The Morgan fingerprint density at radius 1 is 1.20 bits per heavy atom. The summed E-state index contributed by atoms with van der Waals surface area (Å²) in [7, 11) is 0. The molecule has 2 N–H and O–H groups in total. The van der Waals surface area contributed by atoms with Gasteiger partial charge in [0.05, 0.1) is 0 Å². The van der Waals surface area contributed by atoms with Gasteiger partial charge in [-0.25, -0.2) is 8.78 Å². The largest absolute Gasteiger partial charge is 0.327 e. The highest BCUT2D eigenvalue weighted by Gasteiger charge is 2.08. The molecule has 0 fully saturated rings. The molecule has 1 aromatic rings. The first-order valence-electron chi connectivity index (χ1n) is 5.20. The van der Waals surface area contributed by atoms with E-state index in [1.54, 1.807) is 6.07 Å². The highest BCUT2D eigenvalue weighted by molar-refractivity contribution is 5.17. The molecular formula is C12H17F2N. The Labute approximate surface area is 89.3 Å². The van der Waals surface area contributed by atoms with Crippen molar-refractivity contribution in [3.05, 3.63) is 35.4 Å². The quantitative estimate of drug-likeness (QED) is 0.817. The molecule has 0 aliphatic heterocycles. The molecule has 15 heavy (non-hydrogen) atoms. The molecule has 1 atom stereocenters. The molecule has 0 amide bonds. The van der Waals surface area contributed by atoms with Crippen LogP contribution in [0.1, 0.15) is 25.8 Å². The van der Waals surface area contributed by atoms with Gasteiger partial charge in [-0.1, -0.05) is 19.9 Å². The minimum atomic E-state index is -0.799. The van der Waals surface area contributed by atoms with Gasteiger partial charge >= 0.3 is 0 Å². The summed E-state index contributed by atoms with van der Waals surface area (Å²) in [6.07, 6.45) is 1.49. The van der Waals surface area contributed by atoms with E-state index < -0.39 is 11.6 Å². The molecule has 0 radical (unpaired) electrons. The maximum Gasteiger partial charge on any atom is 0.159 e. The molecule has 0 aliphatic rings. The first kappa shape index (κ1) is 12.1. The van der Waals surface area contributed by atoms with Crippen LogP contribution in [0.2, 0.25) is 0 Å². The Bertz CT molecular complexity index is 323. The fraction of sp³-hybridized carbons (Fsp3) is 0.500. The summed E-state index contributed by atoms with van der Waals surface area (Å²) < 4.78 is 25.5. The first-order valence-corrected chi connectivity index (χ1v) is 5.20. The number of nitrogens with two attached hydrogens (primary N) is 1. The Balaban J connectivity index is 2.55. The SMILES string of the molecule is CC(C)C(N)CCc1ccc(F)c(F)c1. The van der Waals surface area contributed by atoms with E-state index in [-0.39, 0.29) is 6.04 Å². The van der Waals surface area contributed by atoms with Crippen molar-refractivity contribution in [2.75, 3.05) is 0 Å². The molecule has 1 aromatic carbocycles. The van der Waals surface area contributed by atoms with Gasteiger partial charge in [0, 0.05) is 6.04 Å². The van der Waals surface area contributed by atoms with E-state index in [1.807, 2.05) is 0 Å². The molecule has 0 aromatic heterocycles. The van der Waals surface area contributed by atoms with E-state index in [2.05, 4.69) is 13.8 Å². The van der Waals surface area contributed by atoms with E-state index in [0.29, 0.717) is 12.3 Å². The van der Waals surface area contributed by atoms with Crippen LogP contribution in [0.25, 0.3) is 0 Å². The molecule has 1 unspecified atom stereocenters. The molecule has 0 aliphatic carbocycles. The summed E-state index contributed by atoms with van der Waals surface area (Å²) >= 11 is 0. The topological polar surface area (TPSA) is 26.0 Å². The van der Waals surface area contributed by atoms with Crippen molar-refractivity contribution >= 4 is 0 Å². The van der Waals surface area contributed by atoms with Gasteiger partial charge in [0.1, 0.15) is 0 Å². The van der Waals surface area contributed by atoms with Crippen LogP contribution in [-0.4, -0.2) is 6.04 Å². The Hall–Kier alpha value is -0.960. The lowest BCUT2D eigenvalue weighted by molar-refractivity contribution is 0.462. The van der Waals surface area contributed by atoms with Crippen molar-refractivity contribution in [1.82, 2.24) is 0 Å². The average molecular weight is 213 g/mol. The number of benzene rings is 1. The monoisotopic (exact) mass is 213 g/mol. The molecular weight excluding hydrogens is 196 g/mol. The van der Waals surface area contributed by atoms with Crippen LogP contribution in [0.3, 0.4) is 0 Å². The number of aryl methyl sites for hydroxylation is 1. The van der Waals surface area contributed by atoms with Crippen LogP contribution >= 0.6 is 0 Å². The Kier molecular flexibility index (Phi) is 4.21. The van der Waals surface area contributed by atoms with Gasteiger partial charge in [-0.15, -0.1) is 0 Å². The maximum atomic E-state index is 12.9. The molecule has 1 nitrogen and oxygen atoms in total. The summed E-state index contributed by atoms with van der Waals surface area (Å²) in [6.45, 7) is 4.10. The predicted octanol–water partition coefficient (Wildman–Crippen LogP) is 2.88. The van der Waals surface area contributed by atoms with E-state index >= 15 is 0 Å². The van der Waals surface area contributed by atoms with Crippen molar-refractivity contribution in [2.24, 2.45) is 11.7 Å². The highest BCUT2D eigenvalue weighted by atomic mass is 19.2. The van der Waals surface area contributed by atoms with Crippen LogP contribution in [0.15, 0.2) is 18.2 Å². The van der Waals surface area contributed by atoms with Crippen molar-refractivity contribution < 1.29 is 8.78 Å². The van der Waals surface area contributed by atoms with Crippen molar-refractivity contribution in [1.29, 1.82) is 0 Å². The lowest BCUT2D eigenvalue weighted by Crippen LogP contribution is -2.26. The molecule has 0 saturated heterocycles. The number of rotatable bonds is 4. The lowest BCUT2D eigenvalue weighted by atomic mass is 9.97. The van der Waals surface area contributed by atoms with Gasteiger partial charge in [0.25, 0.3) is 0 Å². The number of halogens is 2. The lowest BCUT2D eigenvalue weighted by Gasteiger charge is -2.15. The standard InChI is InChI=1S/C12H17F2N/c1-8(2)12(15)6-4-9-3-5-10(13)11(14)7-9/h3,5,7-8,12H,4,6,15H2,1-2H3. The molecule has 0 bridgehead atoms. The number of hydrogen-bond donors (Lipinski definition) is 1. The highest BCUT2D eigenvalue weighted by Crippen LogP contribution is 2.12. The zero-order valence-electron chi connectivity index (χ0n) is 9.13.